The van der Waals surface area contributed by atoms with Crippen LogP contribution in [0, 0.1) is 18.3 Å². The number of aryl methyl sites for hydroxylation is 1. The van der Waals surface area contributed by atoms with Crippen LogP contribution in [0.5, 0.6) is 5.75 Å². The monoisotopic (exact) mass is 186 g/mol. The number of benzene rings is 1. The lowest BCUT2D eigenvalue weighted by atomic mass is 10.0. The van der Waals surface area contributed by atoms with Gasteiger partial charge in [0.1, 0.15) is 11.8 Å². The summed E-state index contributed by atoms with van der Waals surface area (Å²) in [6.45, 7) is 1.99. The van der Waals surface area contributed by atoms with Gasteiger partial charge < -0.3 is 10.5 Å². The molecule has 0 fully saturated rings. The number of nitriles is 1. The van der Waals surface area contributed by atoms with Crippen LogP contribution in [0.25, 0.3) is 0 Å². The summed E-state index contributed by atoms with van der Waals surface area (Å²) in [6.07, 6.45) is 0.567. The summed E-state index contributed by atoms with van der Waals surface area (Å²) in [5, 5.41) is 8.77. The Hall–Kier alpha value is -1.95. The molecule has 1 aliphatic heterocycles. The Morgan fingerprint density at radius 1 is 1.50 bits per heavy atom. The maximum Gasteiger partial charge on any atom is 0.205 e. The van der Waals surface area contributed by atoms with Gasteiger partial charge in [0, 0.05) is 12.0 Å². The van der Waals surface area contributed by atoms with Gasteiger partial charge in [0.25, 0.3) is 0 Å². The second kappa shape index (κ2) is 3.08. The molecule has 2 N–H and O–H groups in total. The van der Waals surface area contributed by atoms with Gasteiger partial charge in [-0.25, -0.2) is 0 Å². The van der Waals surface area contributed by atoms with Crippen LogP contribution in [0.2, 0.25) is 0 Å². The minimum atomic E-state index is 0.227. The Morgan fingerprint density at radius 2 is 2.29 bits per heavy atom. The highest BCUT2D eigenvalue weighted by atomic mass is 16.5. The molecule has 2 rings (SSSR count). The van der Waals surface area contributed by atoms with Crippen molar-refractivity contribution in [3.8, 4) is 11.8 Å². The number of allylic oxidation sites excluding steroid dienone is 1. The van der Waals surface area contributed by atoms with E-state index in [4.69, 9.17) is 15.7 Å². The SMILES string of the molecule is Cc1ccc2c(c1)OC(N)=C(C#N)C2. The second-order valence-corrected chi connectivity index (χ2v) is 3.34. The van der Waals surface area contributed by atoms with E-state index in [9.17, 15) is 0 Å². The zero-order valence-corrected chi connectivity index (χ0v) is 7.87. The fraction of sp³-hybridized carbons (Fsp3) is 0.182. The van der Waals surface area contributed by atoms with E-state index in [0.717, 1.165) is 16.9 Å². The summed E-state index contributed by atoms with van der Waals surface area (Å²) >= 11 is 0. The lowest BCUT2D eigenvalue weighted by Gasteiger charge is -2.17. The van der Waals surface area contributed by atoms with Crippen LogP contribution in [-0.4, -0.2) is 0 Å². The van der Waals surface area contributed by atoms with Crippen molar-refractivity contribution in [2.45, 2.75) is 13.3 Å². The summed E-state index contributed by atoms with van der Waals surface area (Å²) in [6, 6.07) is 7.93. The van der Waals surface area contributed by atoms with E-state index in [1.165, 1.54) is 0 Å². The molecule has 1 aromatic carbocycles. The number of hydrogen-bond donors (Lipinski definition) is 1. The third-order valence-corrected chi connectivity index (χ3v) is 2.24. The minimum Gasteiger partial charge on any atom is -0.440 e. The Morgan fingerprint density at radius 3 is 3.00 bits per heavy atom. The molecule has 0 unspecified atom stereocenters. The zero-order chi connectivity index (χ0) is 10.1. The van der Waals surface area contributed by atoms with Gasteiger partial charge in [0.05, 0.1) is 5.57 Å². The average molecular weight is 186 g/mol. The standard InChI is InChI=1S/C11H10N2O/c1-7-2-3-8-5-9(6-12)11(13)14-10(8)4-7/h2-4H,5,13H2,1H3. The third kappa shape index (κ3) is 1.31. The van der Waals surface area contributed by atoms with E-state index in [-0.39, 0.29) is 5.88 Å². The van der Waals surface area contributed by atoms with E-state index in [1.54, 1.807) is 0 Å². The van der Waals surface area contributed by atoms with Crippen molar-refractivity contribution in [2.75, 3.05) is 0 Å². The third-order valence-electron chi connectivity index (χ3n) is 2.24. The number of nitrogens with two attached hydrogens (primary N) is 1. The highest BCUT2D eigenvalue weighted by Gasteiger charge is 2.17. The van der Waals surface area contributed by atoms with E-state index in [0.29, 0.717) is 12.0 Å². The normalized spacial score (nSPS) is 14.3. The zero-order valence-electron chi connectivity index (χ0n) is 7.87. The number of rotatable bonds is 0. The highest BCUT2D eigenvalue weighted by molar-refractivity contribution is 5.46. The van der Waals surface area contributed by atoms with Crippen molar-refractivity contribution in [1.82, 2.24) is 0 Å². The molecule has 0 aromatic heterocycles. The van der Waals surface area contributed by atoms with Crippen LogP contribution in [0.3, 0.4) is 0 Å². The first-order valence-corrected chi connectivity index (χ1v) is 4.37. The van der Waals surface area contributed by atoms with Gasteiger partial charge in [0.2, 0.25) is 5.88 Å². The average Bonchev–Trinajstić information content (AvgIpc) is 2.16. The van der Waals surface area contributed by atoms with Gasteiger partial charge in [-0.05, 0) is 18.6 Å². The molecule has 0 bridgehead atoms. The van der Waals surface area contributed by atoms with Crippen LogP contribution in [0.1, 0.15) is 11.1 Å². The highest BCUT2D eigenvalue weighted by Crippen LogP contribution is 2.28. The van der Waals surface area contributed by atoms with Crippen molar-refractivity contribution in [3.63, 3.8) is 0 Å². The summed E-state index contributed by atoms with van der Waals surface area (Å²) in [4.78, 5) is 0. The number of fused-ring (bicyclic) bond motifs is 1. The fourth-order valence-electron chi connectivity index (χ4n) is 1.46. The quantitative estimate of drug-likeness (QED) is 0.669. The fourth-order valence-corrected chi connectivity index (χ4v) is 1.46. The van der Waals surface area contributed by atoms with Crippen molar-refractivity contribution in [3.05, 3.63) is 40.8 Å². The molecule has 3 heteroatoms. The summed E-state index contributed by atoms with van der Waals surface area (Å²) in [5.41, 5.74) is 8.23. The van der Waals surface area contributed by atoms with Crippen LogP contribution in [0.4, 0.5) is 0 Å². The molecule has 0 aliphatic carbocycles. The van der Waals surface area contributed by atoms with E-state index < -0.39 is 0 Å². The maximum absolute atomic E-state index is 8.77. The molecular formula is C11H10N2O. The first-order valence-electron chi connectivity index (χ1n) is 4.37. The van der Waals surface area contributed by atoms with Crippen LogP contribution >= 0.6 is 0 Å². The molecule has 0 amide bonds. The van der Waals surface area contributed by atoms with Gasteiger partial charge >= 0.3 is 0 Å². The maximum atomic E-state index is 8.77. The molecule has 3 nitrogen and oxygen atoms in total. The largest absolute Gasteiger partial charge is 0.440 e. The molecule has 1 aliphatic rings. The summed E-state index contributed by atoms with van der Waals surface area (Å²) in [7, 11) is 0. The lowest BCUT2D eigenvalue weighted by molar-refractivity contribution is 0.399. The first-order chi connectivity index (χ1) is 6.70. The van der Waals surface area contributed by atoms with Crippen molar-refractivity contribution in [1.29, 1.82) is 5.26 Å². The van der Waals surface area contributed by atoms with Gasteiger partial charge in [-0.15, -0.1) is 0 Å². The van der Waals surface area contributed by atoms with Crippen LogP contribution in [-0.2, 0) is 6.42 Å². The Balaban J connectivity index is 2.45. The molecule has 70 valence electrons. The van der Waals surface area contributed by atoms with Gasteiger partial charge in [-0.2, -0.15) is 5.26 Å². The van der Waals surface area contributed by atoms with Crippen LogP contribution < -0.4 is 10.5 Å². The molecule has 1 aromatic rings. The van der Waals surface area contributed by atoms with Gasteiger partial charge in [0.15, 0.2) is 0 Å². The molecular weight excluding hydrogens is 176 g/mol. The molecule has 0 atom stereocenters. The topological polar surface area (TPSA) is 59.0 Å². The second-order valence-electron chi connectivity index (χ2n) is 3.34. The van der Waals surface area contributed by atoms with E-state index in [1.807, 2.05) is 31.2 Å². The van der Waals surface area contributed by atoms with E-state index in [2.05, 4.69) is 0 Å². The molecule has 1 heterocycles. The Bertz CT molecular complexity index is 455. The van der Waals surface area contributed by atoms with Crippen molar-refractivity contribution < 1.29 is 4.74 Å². The smallest absolute Gasteiger partial charge is 0.205 e. The van der Waals surface area contributed by atoms with Gasteiger partial charge in [-0.1, -0.05) is 12.1 Å². The first kappa shape index (κ1) is 8.64. The number of nitrogens with zero attached hydrogens (tertiary/aromatic N) is 1. The van der Waals surface area contributed by atoms with Crippen molar-refractivity contribution in [2.24, 2.45) is 5.73 Å². The van der Waals surface area contributed by atoms with E-state index >= 15 is 0 Å². The Kier molecular flexibility index (Phi) is 1.90. The summed E-state index contributed by atoms with van der Waals surface area (Å²) < 4.78 is 5.35. The number of hydrogen-bond acceptors (Lipinski definition) is 3. The molecule has 0 saturated heterocycles. The summed E-state index contributed by atoms with van der Waals surface area (Å²) in [5.74, 6) is 0.993. The molecule has 0 saturated carbocycles. The van der Waals surface area contributed by atoms with Crippen molar-refractivity contribution >= 4 is 0 Å². The van der Waals surface area contributed by atoms with Crippen LogP contribution in [0.15, 0.2) is 29.7 Å². The molecule has 14 heavy (non-hydrogen) atoms. The predicted octanol–water partition coefficient (Wildman–Crippen LogP) is 1.62. The molecule has 0 radical (unpaired) electrons. The van der Waals surface area contributed by atoms with Gasteiger partial charge in [-0.3, -0.25) is 0 Å². The lowest BCUT2D eigenvalue weighted by Crippen LogP contribution is -2.16. The Labute approximate surface area is 82.4 Å². The minimum absolute atomic E-state index is 0.227. The molecule has 0 spiro atoms. The number of ether oxygens (including phenoxy) is 1. The predicted molar refractivity (Wildman–Crippen MR) is 52.3 cm³/mol.